The van der Waals surface area contributed by atoms with Gasteiger partial charge in [0.2, 0.25) is 5.91 Å². The Balaban J connectivity index is 2.00. The molecule has 2 rings (SSSR count). The second kappa shape index (κ2) is 5.67. The SMILES string of the molecule is COC(=O)c1ccc(NC2CC(=O)N(C(C)(C)C)C2)nn1. The topological polar surface area (TPSA) is 84.4 Å². The van der Waals surface area contributed by atoms with Crippen molar-refractivity contribution in [1.29, 1.82) is 0 Å². The van der Waals surface area contributed by atoms with Crippen molar-refractivity contribution in [3.05, 3.63) is 17.8 Å². The van der Waals surface area contributed by atoms with Gasteiger partial charge in [-0.25, -0.2) is 4.79 Å². The summed E-state index contributed by atoms with van der Waals surface area (Å²) in [7, 11) is 1.29. The lowest BCUT2D eigenvalue weighted by molar-refractivity contribution is -0.131. The molecule has 7 nitrogen and oxygen atoms in total. The van der Waals surface area contributed by atoms with Crippen LogP contribution in [-0.2, 0) is 9.53 Å². The lowest BCUT2D eigenvalue weighted by Crippen LogP contribution is -2.43. The van der Waals surface area contributed by atoms with E-state index < -0.39 is 5.97 Å². The third-order valence-corrected chi connectivity index (χ3v) is 3.35. The maximum Gasteiger partial charge on any atom is 0.358 e. The van der Waals surface area contributed by atoms with Gasteiger partial charge in [-0.1, -0.05) is 0 Å². The van der Waals surface area contributed by atoms with Gasteiger partial charge in [0, 0.05) is 18.5 Å². The minimum Gasteiger partial charge on any atom is -0.464 e. The molecule has 1 saturated heterocycles. The predicted molar refractivity (Wildman–Crippen MR) is 76.9 cm³/mol. The number of nitrogens with zero attached hydrogens (tertiary/aromatic N) is 3. The second-order valence-electron chi connectivity index (χ2n) is 6.02. The molecule has 1 unspecified atom stereocenters. The molecule has 1 atom stereocenters. The van der Waals surface area contributed by atoms with Gasteiger partial charge >= 0.3 is 5.97 Å². The Morgan fingerprint density at radius 2 is 2.10 bits per heavy atom. The van der Waals surface area contributed by atoms with Crippen LogP contribution in [-0.4, -0.2) is 52.2 Å². The number of carbonyl (C=O) groups excluding carboxylic acids is 2. The van der Waals surface area contributed by atoms with E-state index in [2.05, 4.69) is 20.3 Å². The van der Waals surface area contributed by atoms with Crippen LogP contribution in [0.4, 0.5) is 5.82 Å². The lowest BCUT2D eigenvalue weighted by Gasteiger charge is -2.32. The Hall–Kier alpha value is -2.18. The Bertz CT molecular complexity index is 536. The highest BCUT2D eigenvalue weighted by Gasteiger charge is 2.36. The number of carbonyl (C=O) groups is 2. The van der Waals surface area contributed by atoms with E-state index in [1.165, 1.54) is 7.11 Å². The Labute approximate surface area is 123 Å². The highest BCUT2D eigenvalue weighted by molar-refractivity contribution is 5.87. The molecule has 0 spiro atoms. The number of hydrogen-bond donors (Lipinski definition) is 1. The molecule has 1 aromatic rings. The van der Waals surface area contributed by atoms with Crippen LogP contribution in [0.3, 0.4) is 0 Å². The molecule has 1 aliphatic heterocycles. The highest BCUT2D eigenvalue weighted by Crippen LogP contribution is 2.23. The number of anilines is 1. The van der Waals surface area contributed by atoms with Crippen molar-refractivity contribution >= 4 is 17.7 Å². The molecule has 1 amide bonds. The van der Waals surface area contributed by atoms with Crippen molar-refractivity contribution in [2.45, 2.75) is 38.8 Å². The normalized spacial score (nSPS) is 18.8. The average Bonchev–Trinajstić information content (AvgIpc) is 2.79. The molecule has 0 aliphatic carbocycles. The molecule has 1 aliphatic rings. The zero-order valence-corrected chi connectivity index (χ0v) is 12.7. The van der Waals surface area contributed by atoms with Crippen LogP contribution in [0.15, 0.2) is 12.1 Å². The van der Waals surface area contributed by atoms with E-state index in [1.807, 2.05) is 25.7 Å². The summed E-state index contributed by atoms with van der Waals surface area (Å²) in [6.07, 6.45) is 0.428. The number of amides is 1. The van der Waals surface area contributed by atoms with Crippen LogP contribution in [0.1, 0.15) is 37.7 Å². The van der Waals surface area contributed by atoms with Crippen molar-refractivity contribution in [3.8, 4) is 0 Å². The molecule has 1 N–H and O–H groups in total. The van der Waals surface area contributed by atoms with Crippen LogP contribution in [0, 0.1) is 0 Å². The third kappa shape index (κ3) is 3.48. The summed E-state index contributed by atoms with van der Waals surface area (Å²) in [4.78, 5) is 25.1. The Morgan fingerprint density at radius 1 is 1.38 bits per heavy atom. The van der Waals surface area contributed by atoms with Gasteiger partial charge in [0.15, 0.2) is 5.69 Å². The summed E-state index contributed by atoms with van der Waals surface area (Å²) < 4.78 is 4.56. The van der Waals surface area contributed by atoms with E-state index in [9.17, 15) is 9.59 Å². The number of esters is 1. The minimum absolute atomic E-state index is 0.00463. The van der Waals surface area contributed by atoms with Gasteiger partial charge in [0.25, 0.3) is 0 Å². The van der Waals surface area contributed by atoms with Crippen molar-refractivity contribution < 1.29 is 14.3 Å². The number of hydrogen-bond acceptors (Lipinski definition) is 6. The van der Waals surface area contributed by atoms with Gasteiger partial charge in [-0.2, -0.15) is 0 Å². The van der Waals surface area contributed by atoms with Gasteiger partial charge in [-0.15, -0.1) is 10.2 Å². The van der Waals surface area contributed by atoms with Crippen LogP contribution in [0.2, 0.25) is 0 Å². The van der Waals surface area contributed by atoms with Crippen LogP contribution < -0.4 is 5.32 Å². The van der Waals surface area contributed by atoms with E-state index in [4.69, 9.17) is 0 Å². The summed E-state index contributed by atoms with van der Waals surface area (Å²) in [5, 5.41) is 10.9. The number of likely N-dealkylation sites (tertiary alicyclic amines) is 1. The Kier molecular flexibility index (Phi) is 4.11. The first-order valence-electron chi connectivity index (χ1n) is 6.80. The van der Waals surface area contributed by atoms with Gasteiger partial charge in [0.1, 0.15) is 5.82 Å². The fourth-order valence-electron chi connectivity index (χ4n) is 2.28. The molecular weight excluding hydrogens is 272 g/mol. The number of nitrogens with one attached hydrogen (secondary N) is 1. The van der Waals surface area contributed by atoms with Gasteiger partial charge in [-0.05, 0) is 32.9 Å². The van der Waals surface area contributed by atoms with Crippen molar-refractivity contribution in [2.24, 2.45) is 0 Å². The molecular formula is C14H20N4O3. The van der Waals surface area contributed by atoms with Crippen molar-refractivity contribution in [3.63, 3.8) is 0 Å². The van der Waals surface area contributed by atoms with E-state index in [0.29, 0.717) is 18.8 Å². The highest BCUT2D eigenvalue weighted by atomic mass is 16.5. The number of aromatic nitrogens is 2. The van der Waals surface area contributed by atoms with E-state index >= 15 is 0 Å². The zero-order chi connectivity index (χ0) is 15.6. The molecule has 7 heteroatoms. The third-order valence-electron chi connectivity index (χ3n) is 3.35. The average molecular weight is 292 g/mol. The number of rotatable bonds is 3. The minimum atomic E-state index is -0.524. The zero-order valence-electron chi connectivity index (χ0n) is 12.7. The van der Waals surface area contributed by atoms with E-state index in [0.717, 1.165) is 0 Å². The summed E-state index contributed by atoms with van der Waals surface area (Å²) in [5.41, 5.74) is -0.0321. The standard InChI is InChI=1S/C14H20N4O3/c1-14(2,3)18-8-9(7-12(18)19)15-11-6-5-10(16-17-11)13(20)21-4/h5-6,9H,7-8H2,1-4H3,(H,15,17). The molecule has 1 fully saturated rings. The maximum absolute atomic E-state index is 12.0. The summed E-state index contributed by atoms with van der Waals surface area (Å²) >= 11 is 0. The van der Waals surface area contributed by atoms with Gasteiger partial charge in [-0.3, -0.25) is 4.79 Å². The monoisotopic (exact) mass is 292 g/mol. The van der Waals surface area contributed by atoms with E-state index in [1.54, 1.807) is 12.1 Å². The van der Waals surface area contributed by atoms with Crippen LogP contribution >= 0.6 is 0 Å². The van der Waals surface area contributed by atoms with Gasteiger partial charge in [0.05, 0.1) is 13.2 Å². The largest absolute Gasteiger partial charge is 0.464 e. The first-order valence-corrected chi connectivity index (χ1v) is 6.80. The molecule has 1 aromatic heterocycles. The maximum atomic E-state index is 12.0. The smallest absolute Gasteiger partial charge is 0.358 e. The first-order chi connectivity index (χ1) is 9.81. The van der Waals surface area contributed by atoms with Gasteiger partial charge < -0.3 is 15.0 Å². The predicted octanol–water partition coefficient (Wildman–Crippen LogP) is 1.07. The quantitative estimate of drug-likeness (QED) is 0.839. The van der Waals surface area contributed by atoms with E-state index in [-0.39, 0.29) is 23.2 Å². The molecule has 21 heavy (non-hydrogen) atoms. The number of methoxy groups -OCH3 is 1. The molecule has 0 radical (unpaired) electrons. The molecule has 2 heterocycles. The first kappa shape index (κ1) is 15.2. The summed E-state index contributed by atoms with van der Waals surface area (Å²) in [6, 6.07) is 3.19. The fraction of sp³-hybridized carbons (Fsp3) is 0.571. The Morgan fingerprint density at radius 3 is 2.57 bits per heavy atom. The molecule has 0 bridgehead atoms. The van der Waals surface area contributed by atoms with Crippen molar-refractivity contribution in [2.75, 3.05) is 19.0 Å². The molecule has 0 aromatic carbocycles. The van der Waals surface area contributed by atoms with Crippen LogP contribution in [0.25, 0.3) is 0 Å². The molecule has 114 valence electrons. The summed E-state index contributed by atoms with van der Waals surface area (Å²) in [5.74, 6) is 0.138. The summed E-state index contributed by atoms with van der Waals surface area (Å²) in [6.45, 7) is 6.66. The van der Waals surface area contributed by atoms with Crippen molar-refractivity contribution in [1.82, 2.24) is 15.1 Å². The van der Waals surface area contributed by atoms with Crippen LogP contribution in [0.5, 0.6) is 0 Å². The number of ether oxygens (including phenoxy) is 1. The fourth-order valence-corrected chi connectivity index (χ4v) is 2.28. The lowest BCUT2D eigenvalue weighted by atomic mass is 10.1. The molecule has 0 saturated carbocycles. The second-order valence-corrected chi connectivity index (χ2v) is 6.02.